The molecule has 22 heavy (non-hydrogen) atoms. The van der Waals surface area contributed by atoms with E-state index in [1.807, 2.05) is 0 Å². The Morgan fingerprint density at radius 1 is 1.09 bits per heavy atom. The molecule has 0 aliphatic carbocycles. The van der Waals surface area contributed by atoms with Crippen molar-refractivity contribution in [1.82, 2.24) is 10.9 Å². The summed E-state index contributed by atoms with van der Waals surface area (Å²) in [7, 11) is -5.46. The molecule has 128 valence electrons. The number of ether oxygens (including phenoxy) is 1. The summed E-state index contributed by atoms with van der Waals surface area (Å²) < 4.78 is 51.6. The van der Waals surface area contributed by atoms with Gasteiger partial charge in [-0.05, 0) is 24.3 Å². The second kappa shape index (κ2) is 9.16. The van der Waals surface area contributed by atoms with Gasteiger partial charge in [0.2, 0.25) is 0 Å². The fraction of sp³-hybridized carbons (Fsp3) is 0.222. The second-order valence-electron chi connectivity index (χ2n) is 3.33. The Bertz CT molecular complexity index is 670. The molecule has 0 fully saturated rings. The van der Waals surface area contributed by atoms with E-state index in [-0.39, 0.29) is 11.0 Å². The fourth-order valence-electron chi connectivity index (χ4n) is 0.857. The SMILES string of the molecule is COC(=O)NS(=O)(=O)c1ccc(N)cc1.COS(N)(=O)=O.N. The summed E-state index contributed by atoms with van der Waals surface area (Å²) in [5, 5.41) is 4.28. The van der Waals surface area contributed by atoms with Crippen molar-refractivity contribution in [3.8, 4) is 0 Å². The standard InChI is InChI=1S/C8H10N2O4S.CH5NO3S.H3N/c1-14-8(11)10-15(12,13)7-4-2-6(9)3-5-7;1-5-6(2,3)4;/h2-5H,9H2,1H3,(H,10,11);1H3,(H2,2,3,4);1H3. The smallest absolute Gasteiger partial charge is 0.420 e. The van der Waals surface area contributed by atoms with Crippen LogP contribution in [0.2, 0.25) is 0 Å². The first kappa shape index (κ1) is 22.4. The largest absolute Gasteiger partial charge is 0.452 e. The second-order valence-corrected chi connectivity index (χ2v) is 6.33. The molecule has 1 rings (SSSR count). The molecule has 0 spiro atoms. The minimum absolute atomic E-state index is 0. The number of anilines is 1. The van der Waals surface area contributed by atoms with Gasteiger partial charge in [-0.25, -0.2) is 23.1 Å². The molecule has 13 heteroatoms. The Balaban J connectivity index is 0. The van der Waals surface area contributed by atoms with Crippen LogP contribution in [0, 0.1) is 0 Å². The number of hydrogen-bond acceptors (Lipinski definition) is 9. The topological polar surface area (TPSA) is 203 Å². The van der Waals surface area contributed by atoms with Crippen LogP contribution in [-0.4, -0.2) is 37.1 Å². The van der Waals surface area contributed by atoms with Crippen molar-refractivity contribution in [2.45, 2.75) is 4.90 Å². The number of hydrogen-bond donors (Lipinski definition) is 4. The van der Waals surface area contributed by atoms with Crippen molar-refractivity contribution in [3.63, 3.8) is 0 Å². The summed E-state index contributed by atoms with van der Waals surface area (Å²) in [4.78, 5) is 10.7. The van der Waals surface area contributed by atoms with Crippen molar-refractivity contribution in [3.05, 3.63) is 24.3 Å². The summed E-state index contributed by atoms with van der Waals surface area (Å²) in [5.74, 6) is 0. The van der Waals surface area contributed by atoms with Gasteiger partial charge in [0.25, 0.3) is 10.0 Å². The number of nitrogens with one attached hydrogen (secondary N) is 1. The minimum atomic E-state index is -3.87. The number of nitrogens with two attached hydrogens (primary N) is 2. The van der Waals surface area contributed by atoms with Crippen LogP contribution in [0.5, 0.6) is 0 Å². The Kier molecular flexibility index (Phi) is 9.31. The zero-order valence-electron chi connectivity index (χ0n) is 11.8. The lowest BCUT2D eigenvalue weighted by molar-refractivity contribution is 0.177. The number of benzene rings is 1. The van der Waals surface area contributed by atoms with Crippen LogP contribution in [0.3, 0.4) is 0 Å². The average molecular weight is 358 g/mol. The van der Waals surface area contributed by atoms with Crippen LogP contribution in [0.15, 0.2) is 29.2 Å². The molecular weight excluding hydrogens is 340 g/mol. The number of amides is 1. The van der Waals surface area contributed by atoms with Gasteiger partial charge in [-0.3, -0.25) is 4.18 Å². The van der Waals surface area contributed by atoms with Gasteiger partial charge in [-0.2, -0.15) is 8.42 Å². The van der Waals surface area contributed by atoms with E-state index in [0.29, 0.717) is 5.69 Å². The fourth-order valence-corrected chi connectivity index (χ4v) is 1.77. The summed E-state index contributed by atoms with van der Waals surface area (Å²) >= 11 is 0. The van der Waals surface area contributed by atoms with Gasteiger partial charge in [0, 0.05) is 5.69 Å². The monoisotopic (exact) mass is 358 g/mol. The molecule has 0 bridgehead atoms. The third kappa shape index (κ3) is 9.09. The molecule has 0 heterocycles. The molecule has 0 atom stereocenters. The lowest BCUT2D eigenvalue weighted by Crippen LogP contribution is -2.30. The molecule has 11 nitrogen and oxygen atoms in total. The van der Waals surface area contributed by atoms with E-state index < -0.39 is 26.4 Å². The van der Waals surface area contributed by atoms with Gasteiger partial charge in [0.05, 0.1) is 19.1 Å². The van der Waals surface area contributed by atoms with E-state index in [9.17, 15) is 21.6 Å². The molecule has 1 aromatic carbocycles. The lowest BCUT2D eigenvalue weighted by Gasteiger charge is -2.05. The summed E-state index contributed by atoms with van der Waals surface area (Å²) in [6.45, 7) is 0. The van der Waals surface area contributed by atoms with Crippen molar-refractivity contribution >= 4 is 32.1 Å². The molecule has 0 aromatic heterocycles. The summed E-state index contributed by atoms with van der Waals surface area (Å²) in [6, 6.07) is 5.43. The maximum absolute atomic E-state index is 11.5. The Hall–Kier alpha value is -1.93. The molecule has 0 radical (unpaired) electrons. The highest BCUT2D eigenvalue weighted by molar-refractivity contribution is 7.90. The van der Waals surface area contributed by atoms with Crippen LogP contribution >= 0.6 is 0 Å². The molecule has 1 amide bonds. The van der Waals surface area contributed by atoms with Crippen molar-refractivity contribution in [1.29, 1.82) is 0 Å². The van der Waals surface area contributed by atoms with Gasteiger partial charge in [-0.15, -0.1) is 0 Å². The van der Waals surface area contributed by atoms with E-state index in [0.717, 1.165) is 14.2 Å². The number of carbonyl (C=O) groups is 1. The predicted octanol–water partition coefficient (Wildman–Crippen LogP) is -0.688. The number of sulfonamides is 1. The maximum atomic E-state index is 11.5. The highest BCUT2D eigenvalue weighted by atomic mass is 32.2. The van der Waals surface area contributed by atoms with Gasteiger partial charge in [-0.1, -0.05) is 0 Å². The normalized spacial score (nSPS) is 10.5. The first-order chi connectivity index (χ1) is 9.51. The predicted molar refractivity (Wildman–Crippen MR) is 78.7 cm³/mol. The van der Waals surface area contributed by atoms with E-state index >= 15 is 0 Å². The zero-order chi connectivity index (χ0) is 16.7. The number of carbonyl (C=O) groups excluding carboxylic acids is 1. The molecule has 0 aliphatic heterocycles. The number of rotatable bonds is 3. The van der Waals surface area contributed by atoms with Crippen molar-refractivity contribution in [2.75, 3.05) is 20.0 Å². The molecule has 1 aromatic rings. The maximum Gasteiger partial charge on any atom is 0.420 e. The molecule has 0 unspecified atom stereocenters. The van der Waals surface area contributed by atoms with Gasteiger partial charge >= 0.3 is 16.4 Å². The van der Waals surface area contributed by atoms with E-state index in [4.69, 9.17) is 5.73 Å². The summed E-state index contributed by atoms with van der Waals surface area (Å²) in [6.07, 6.45) is -1.04. The van der Waals surface area contributed by atoms with Gasteiger partial charge < -0.3 is 16.6 Å². The Morgan fingerprint density at radius 3 is 1.82 bits per heavy atom. The molecule has 8 N–H and O–H groups in total. The van der Waals surface area contributed by atoms with Crippen LogP contribution in [-0.2, 0) is 29.2 Å². The number of methoxy groups -OCH3 is 1. The summed E-state index contributed by atoms with van der Waals surface area (Å²) in [5.41, 5.74) is 5.83. The zero-order valence-corrected chi connectivity index (χ0v) is 13.5. The van der Waals surface area contributed by atoms with Gasteiger partial charge in [0.1, 0.15) is 0 Å². The Labute approximate surface area is 128 Å². The third-order valence-electron chi connectivity index (χ3n) is 1.83. The average Bonchev–Trinajstić information content (AvgIpc) is 2.38. The quantitative estimate of drug-likeness (QED) is 0.504. The highest BCUT2D eigenvalue weighted by Gasteiger charge is 2.17. The molecule has 0 saturated carbocycles. The highest BCUT2D eigenvalue weighted by Crippen LogP contribution is 2.11. The van der Waals surface area contributed by atoms with Crippen LogP contribution < -0.4 is 21.7 Å². The first-order valence-corrected chi connectivity index (χ1v) is 8.02. The molecule has 0 aliphatic rings. The van der Waals surface area contributed by atoms with Crippen molar-refractivity contribution in [2.24, 2.45) is 5.14 Å². The number of nitrogen functional groups attached to an aromatic ring is 1. The van der Waals surface area contributed by atoms with Crippen LogP contribution in [0.4, 0.5) is 10.5 Å². The van der Waals surface area contributed by atoms with E-state index in [1.165, 1.54) is 24.3 Å². The first-order valence-electron chi connectivity index (χ1n) is 5.06. The van der Waals surface area contributed by atoms with E-state index in [2.05, 4.69) is 14.1 Å². The third-order valence-corrected chi connectivity index (χ3v) is 3.62. The minimum Gasteiger partial charge on any atom is -0.452 e. The van der Waals surface area contributed by atoms with Crippen LogP contribution in [0.25, 0.3) is 0 Å². The van der Waals surface area contributed by atoms with Crippen molar-refractivity contribution < 1.29 is 30.6 Å². The Morgan fingerprint density at radius 2 is 1.50 bits per heavy atom. The van der Waals surface area contributed by atoms with Crippen LogP contribution in [0.1, 0.15) is 0 Å². The van der Waals surface area contributed by atoms with Gasteiger partial charge in [0.15, 0.2) is 0 Å². The molecular formula is C9H18N4O7S2. The lowest BCUT2D eigenvalue weighted by atomic mass is 10.3. The molecule has 0 saturated heterocycles. The van der Waals surface area contributed by atoms with E-state index in [1.54, 1.807) is 4.72 Å².